The first-order valence-electron chi connectivity index (χ1n) is 11.0. The monoisotopic (exact) mass is 464 g/mol. The topological polar surface area (TPSA) is 106 Å². The molecule has 5 rings (SSSR count). The predicted octanol–water partition coefficient (Wildman–Crippen LogP) is 4.37. The molecule has 9 heteroatoms. The van der Waals surface area contributed by atoms with Gasteiger partial charge in [0, 0.05) is 22.8 Å². The molecule has 1 atom stereocenters. The van der Waals surface area contributed by atoms with Crippen molar-refractivity contribution in [2.45, 2.75) is 43.7 Å². The third-order valence-electron chi connectivity index (χ3n) is 5.58. The zero-order valence-corrected chi connectivity index (χ0v) is 19.2. The van der Waals surface area contributed by atoms with E-state index in [2.05, 4.69) is 10.6 Å². The number of para-hydroxylation sites is 1. The summed E-state index contributed by atoms with van der Waals surface area (Å²) in [6.07, 6.45) is 2.21. The number of ether oxygens (including phenoxy) is 1. The second kappa shape index (κ2) is 8.90. The number of fused-ring (bicyclic) bond motifs is 1. The van der Waals surface area contributed by atoms with Crippen LogP contribution in [0.3, 0.4) is 0 Å². The first kappa shape index (κ1) is 21.5. The van der Waals surface area contributed by atoms with Crippen LogP contribution in [0.25, 0.3) is 10.9 Å². The molecule has 2 N–H and O–H groups in total. The van der Waals surface area contributed by atoms with Gasteiger partial charge in [-0.25, -0.2) is 19.6 Å². The van der Waals surface area contributed by atoms with Crippen LogP contribution in [0.4, 0.5) is 4.79 Å². The average molecular weight is 465 g/mol. The van der Waals surface area contributed by atoms with Crippen LogP contribution in [0.2, 0.25) is 0 Å². The quantitative estimate of drug-likeness (QED) is 0.304. The van der Waals surface area contributed by atoms with E-state index in [1.54, 1.807) is 19.1 Å². The summed E-state index contributed by atoms with van der Waals surface area (Å²) in [6.45, 7) is 3.79. The molecule has 8 nitrogen and oxygen atoms in total. The first-order valence-corrected chi connectivity index (χ1v) is 12.0. The van der Waals surface area contributed by atoms with Crippen LogP contribution in [0, 0.1) is 6.92 Å². The van der Waals surface area contributed by atoms with Crippen molar-refractivity contribution in [3.63, 3.8) is 0 Å². The zero-order chi connectivity index (χ0) is 22.9. The summed E-state index contributed by atoms with van der Waals surface area (Å²) in [4.78, 5) is 35.0. The number of benzene rings is 1. The van der Waals surface area contributed by atoms with Crippen molar-refractivity contribution >= 4 is 34.7 Å². The molecule has 33 heavy (non-hydrogen) atoms. The Hall–Kier alpha value is -3.33. The second-order valence-electron chi connectivity index (χ2n) is 8.06. The van der Waals surface area contributed by atoms with Gasteiger partial charge in [0.25, 0.3) is 0 Å². The molecule has 3 heterocycles. The van der Waals surface area contributed by atoms with Crippen molar-refractivity contribution in [1.29, 1.82) is 0 Å². The van der Waals surface area contributed by atoms with Crippen molar-refractivity contribution in [3.05, 3.63) is 65.0 Å². The van der Waals surface area contributed by atoms with Crippen LogP contribution in [-0.4, -0.2) is 34.3 Å². The molecule has 3 aromatic rings. The third kappa shape index (κ3) is 4.45. The Balaban J connectivity index is 1.52. The number of esters is 1. The molecule has 2 amide bonds. The van der Waals surface area contributed by atoms with Gasteiger partial charge < -0.3 is 19.8 Å². The number of rotatable bonds is 7. The van der Waals surface area contributed by atoms with Gasteiger partial charge in [-0.15, -0.1) is 0 Å². The van der Waals surface area contributed by atoms with Crippen LogP contribution >= 0.6 is 11.8 Å². The molecule has 2 aliphatic rings. The van der Waals surface area contributed by atoms with Gasteiger partial charge in [-0.05, 0) is 44.9 Å². The second-order valence-corrected chi connectivity index (χ2v) is 9.02. The van der Waals surface area contributed by atoms with Gasteiger partial charge in [0.15, 0.2) is 0 Å². The van der Waals surface area contributed by atoms with Crippen LogP contribution in [-0.2, 0) is 9.53 Å². The first-order chi connectivity index (χ1) is 16.0. The lowest BCUT2D eigenvalue weighted by molar-refractivity contribution is -0.139. The predicted molar refractivity (Wildman–Crippen MR) is 124 cm³/mol. The maximum atomic E-state index is 12.9. The highest BCUT2D eigenvalue weighted by Crippen LogP contribution is 2.40. The fraction of sp³-hybridized carbons (Fsp3) is 0.333. The van der Waals surface area contributed by atoms with E-state index in [1.807, 2.05) is 31.2 Å². The Labute approximate surface area is 195 Å². The number of carbonyl (C=O) groups is 2. The minimum atomic E-state index is -0.730. The third-order valence-corrected chi connectivity index (χ3v) is 6.59. The van der Waals surface area contributed by atoms with Crippen LogP contribution in [0.1, 0.15) is 49.1 Å². The number of furan rings is 1. The van der Waals surface area contributed by atoms with Gasteiger partial charge in [0.1, 0.15) is 28.4 Å². The number of hydrogen-bond acceptors (Lipinski definition) is 7. The zero-order valence-electron chi connectivity index (χ0n) is 18.4. The van der Waals surface area contributed by atoms with Crippen molar-refractivity contribution in [2.24, 2.45) is 0 Å². The lowest BCUT2D eigenvalue weighted by atomic mass is 10.0. The maximum absolute atomic E-state index is 12.9. The molecule has 0 saturated heterocycles. The summed E-state index contributed by atoms with van der Waals surface area (Å²) >= 11 is 1.47. The van der Waals surface area contributed by atoms with Crippen molar-refractivity contribution in [2.75, 3.05) is 12.4 Å². The van der Waals surface area contributed by atoms with E-state index in [4.69, 9.17) is 19.1 Å². The van der Waals surface area contributed by atoms with E-state index in [0.29, 0.717) is 34.5 Å². The molecule has 2 aromatic heterocycles. The Morgan fingerprint density at radius 2 is 2.03 bits per heavy atom. The minimum absolute atomic E-state index is 0.224. The van der Waals surface area contributed by atoms with Crippen molar-refractivity contribution < 1.29 is 18.7 Å². The highest BCUT2D eigenvalue weighted by molar-refractivity contribution is 7.99. The maximum Gasteiger partial charge on any atom is 0.338 e. The number of hydrogen-bond donors (Lipinski definition) is 2. The van der Waals surface area contributed by atoms with E-state index in [-0.39, 0.29) is 6.61 Å². The normalized spacial score (nSPS) is 18.2. The van der Waals surface area contributed by atoms with Crippen LogP contribution < -0.4 is 10.6 Å². The standard InChI is InChI=1S/C24H24N4O4S/c1-3-31-23(29)19-17(26-24(30)27-20(19)18-11-8-13(2)32-18)12-33-22-15-6-4-5-7-16(15)25-21(28-22)14-9-10-14/h4-8,11,14,20H,3,9-10,12H2,1-2H3,(H2,26,27,30). The van der Waals surface area contributed by atoms with Gasteiger partial charge in [-0.2, -0.15) is 0 Å². The van der Waals surface area contributed by atoms with Crippen molar-refractivity contribution in [1.82, 2.24) is 20.6 Å². The molecule has 170 valence electrons. The molecule has 0 radical (unpaired) electrons. The molecule has 1 aliphatic heterocycles. The number of amides is 2. The van der Waals surface area contributed by atoms with Gasteiger partial charge in [0.05, 0.1) is 17.7 Å². The molecule has 1 aromatic carbocycles. The van der Waals surface area contributed by atoms with Gasteiger partial charge in [-0.3, -0.25) is 0 Å². The average Bonchev–Trinajstić information content (AvgIpc) is 3.57. The van der Waals surface area contributed by atoms with E-state index < -0.39 is 18.0 Å². The summed E-state index contributed by atoms with van der Waals surface area (Å²) < 4.78 is 11.1. The lowest BCUT2D eigenvalue weighted by Gasteiger charge is -2.27. The Morgan fingerprint density at radius 1 is 1.21 bits per heavy atom. The molecule has 1 fully saturated rings. The lowest BCUT2D eigenvalue weighted by Crippen LogP contribution is -2.46. The summed E-state index contributed by atoms with van der Waals surface area (Å²) in [7, 11) is 0. The van der Waals surface area contributed by atoms with Crippen LogP contribution in [0.15, 0.2) is 57.1 Å². The number of aryl methyl sites for hydroxylation is 1. The number of nitrogens with one attached hydrogen (secondary N) is 2. The summed E-state index contributed by atoms with van der Waals surface area (Å²) in [6, 6.07) is 10.3. The van der Waals surface area contributed by atoms with E-state index in [0.717, 1.165) is 34.6 Å². The number of urea groups is 1. The minimum Gasteiger partial charge on any atom is -0.464 e. The molecule has 1 saturated carbocycles. The highest BCUT2D eigenvalue weighted by Gasteiger charge is 2.35. The van der Waals surface area contributed by atoms with E-state index >= 15 is 0 Å². The number of thioether (sulfide) groups is 1. The molecule has 1 aliphatic carbocycles. The molecular weight excluding hydrogens is 440 g/mol. The van der Waals surface area contributed by atoms with Gasteiger partial charge >= 0.3 is 12.0 Å². The summed E-state index contributed by atoms with van der Waals surface area (Å²) in [5.41, 5.74) is 1.71. The Morgan fingerprint density at radius 3 is 2.76 bits per heavy atom. The Bertz CT molecular complexity index is 1260. The van der Waals surface area contributed by atoms with E-state index in [9.17, 15) is 9.59 Å². The SMILES string of the molecule is CCOC(=O)C1=C(CSc2nc(C3CC3)nc3ccccc23)NC(=O)NC1c1ccc(C)o1. The fourth-order valence-electron chi connectivity index (χ4n) is 3.84. The van der Waals surface area contributed by atoms with Crippen molar-refractivity contribution in [3.8, 4) is 0 Å². The summed E-state index contributed by atoms with van der Waals surface area (Å²) in [5, 5.41) is 7.37. The molecule has 0 bridgehead atoms. The smallest absolute Gasteiger partial charge is 0.338 e. The van der Waals surface area contributed by atoms with E-state index in [1.165, 1.54) is 11.8 Å². The summed E-state index contributed by atoms with van der Waals surface area (Å²) in [5.74, 6) is 2.28. The van der Waals surface area contributed by atoms with Gasteiger partial charge in [-0.1, -0.05) is 30.0 Å². The largest absolute Gasteiger partial charge is 0.464 e. The Kier molecular flexibility index (Phi) is 5.80. The molecular formula is C24H24N4O4S. The molecule has 0 spiro atoms. The highest BCUT2D eigenvalue weighted by atomic mass is 32.2. The number of nitrogens with zero attached hydrogens (tertiary/aromatic N) is 2. The fourth-order valence-corrected chi connectivity index (χ4v) is 4.84. The number of carbonyl (C=O) groups excluding carboxylic acids is 2. The number of aromatic nitrogens is 2. The van der Waals surface area contributed by atoms with Crippen LogP contribution in [0.5, 0.6) is 0 Å². The van der Waals surface area contributed by atoms with Gasteiger partial charge in [0.2, 0.25) is 0 Å². The molecule has 1 unspecified atom stereocenters.